The number of rotatable bonds is 3. The van der Waals surface area contributed by atoms with E-state index in [1.165, 1.54) is 0 Å². The van der Waals surface area contributed by atoms with Gasteiger partial charge in [-0.1, -0.05) is 0 Å². The highest BCUT2D eigenvalue weighted by molar-refractivity contribution is 5.86. The molecule has 2 atom stereocenters. The van der Waals surface area contributed by atoms with Gasteiger partial charge in [-0.2, -0.15) is 10.4 Å². The third kappa shape index (κ3) is 4.33. The number of morpholine rings is 1. The van der Waals surface area contributed by atoms with Crippen LogP contribution in [-0.2, 0) is 9.47 Å². The van der Waals surface area contributed by atoms with Crippen molar-refractivity contribution in [2.45, 2.75) is 44.9 Å². The van der Waals surface area contributed by atoms with E-state index in [-0.39, 0.29) is 18.2 Å². The van der Waals surface area contributed by atoms with Crippen LogP contribution in [0.25, 0.3) is 16.6 Å². The Balaban J connectivity index is 1.25. The summed E-state index contributed by atoms with van der Waals surface area (Å²) in [7, 11) is 0. The van der Waals surface area contributed by atoms with Gasteiger partial charge in [0.15, 0.2) is 0 Å². The average Bonchev–Trinajstić information content (AvgIpc) is 3.31. The van der Waals surface area contributed by atoms with Crippen LogP contribution in [0.4, 0.5) is 16.3 Å². The van der Waals surface area contributed by atoms with Gasteiger partial charge in [-0.15, -0.1) is 0 Å². The van der Waals surface area contributed by atoms with Gasteiger partial charge in [0.1, 0.15) is 17.5 Å². The van der Waals surface area contributed by atoms with Crippen LogP contribution in [0, 0.1) is 11.3 Å². The highest BCUT2D eigenvalue weighted by Gasteiger charge is 2.49. The average molecular weight is 502 g/mol. The fourth-order valence-electron chi connectivity index (χ4n) is 5.55. The number of piperazine rings is 1. The van der Waals surface area contributed by atoms with E-state index in [1.807, 2.05) is 44.1 Å². The van der Waals surface area contributed by atoms with Crippen molar-refractivity contribution < 1.29 is 14.3 Å². The Hall–Kier alpha value is -3.84. The first-order valence-electron chi connectivity index (χ1n) is 12.8. The number of hydrogen-bond donors (Lipinski definition) is 0. The summed E-state index contributed by atoms with van der Waals surface area (Å²) in [5.41, 5.74) is 3.71. The van der Waals surface area contributed by atoms with Crippen molar-refractivity contribution in [1.82, 2.24) is 19.5 Å². The number of ether oxygens (including phenoxy) is 2. The first kappa shape index (κ1) is 23.6. The summed E-state index contributed by atoms with van der Waals surface area (Å²) in [5, 5.41) is 14.1. The summed E-state index contributed by atoms with van der Waals surface area (Å²) in [4.78, 5) is 23.8. The lowest BCUT2D eigenvalue weighted by Crippen LogP contribution is -2.70. The summed E-state index contributed by atoms with van der Waals surface area (Å²) < 4.78 is 12.9. The molecule has 192 valence electrons. The smallest absolute Gasteiger partial charge is 0.410 e. The lowest BCUT2D eigenvalue weighted by molar-refractivity contribution is -0.0380. The molecule has 10 nitrogen and oxygen atoms in total. The van der Waals surface area contributed by atoms with Gasteiger partial charge < -0.3 is 19.3 Å². The molecule has 4 aliphatic heterocycles. The fraction of sp³-hybridized carbons (Fsp3) is 0.481. The number of amides is 1. The quantitative estimate of drug-likeness (QED) is 0.539. The lowest BCUT2D eigenvalue weighted by Gasteiger charge is -2.56. The van der Waals surface area contributed by atoms with E-state index in [9.17, 15) is 10.1 Å². The molecule has 37 heavy (non-hydrogen) atoms. The number of carbonyl (C=O) groups excluding carboxylic acids is 1. The predicted molar refractivity (Wildman–Crippen MR) is 139 cm³/mol. The van der Waals surface area contributed by atoms with E-state index in [4.69, 9.17) is 14.5 Å². The Morgan fingerprint density at radius 1 is 1.14 bits per heavy atom. The van der Waals surface area contributed by atoms with Gasteiger partial charge in [-0.25, -0.2) is 14.3 Å². The summed E-state index contributed by atoms with van der Waals surface area (Å²) in [6.07, 6.45) is 6.23. The maximum absolute atomic E-state index is 12.6. The lowest BCUT2D eigenvalue weighted by atomic mass is 9.88. The van der Waals surface area contributed by atoms with Gasteiger partial charge in [0.25, 0.3) is 0 Å². The number of piperidine rings is 1. The Labute approximate surface area is 216 Å². The summed E-state index contributed by atoms with van der Waals surface area (Å²) in [5.74, 6) is 0.886. The Kier molecular flexibility index (Phi) is 5.68. The van der Waals surface area contributed by atoms with Crippen LogP contribution in [0.5, 0.6) is 0 Å². The number of fused-ring (bicyclic) bond motifs is 3. The summed E-state index contributed by atoms with van der Waals surface area (Å²) >= 11 is 0. The van der Waals surface area contributed by atoms with E-state index in [2.05, 4.69) is 33.1 Å². The Morgan fingerprint density at radius 3 is 2.54 bits per heavy atom. The van der Waals surface area contributed by atoms with Gasteiger partial charge in [0.2, 0.25) is 0 Å². The zero-order chi connectivity index (χ0) is 25.7. The molecule has 2 unspecified atom stereocenters. The molecule has 4 aliphatic rings. The standard InChI is InChI=1S/C27H31N7O3/c1-27(2,3)37-26(35)34-21-10-22(34)16-32(15-21)24-5-4-18(13-29-24)23-11-20(31-6-8-36-9-7-31)17-33-25(23)19(12-28)14-30-33/h4-5,11,13-14,17,21-22H,6-10,15-16H2,1-3H3. The molecule has 7 rings (SSSR count). The summed E-state index contributed by atoms with van der Waals surface area (Å²) in [6.45, 7) is 10.2. The molecule has 0 aromatic carbocycles. The number of hydrogen-bond acceptors (Lipinski definition) is 8. The molecule has 4 saturated heterocycles. The fourth-order valence-corrected chi connectivity index (χ4v) is 5.55. The second-order valence-corrected chi connectivity index (χ2v) is 10.9. The second-order valence-electron chi connectivity index (χ2n) is 10.9. The number of nitriles is 1. The second kappa shape index (κ2) is 8.92. The minimum atomic E-state index is -0.497. The van der Waals surface area contributed by atoms with Crippen LogP contribution >= 0.6 is 0 Å². The molecule has 7 heterocycles. The predicted octanol–water partition coefficient (Wildman–Crippen LogP) is 3.30. The Bertz CT molecular complexity index is 1350. The first-order chi connectivity index (χ1) is 17.8. The van der Waals surface area contributed by atoms with Gasteiger partial charge >= 0.3 is 6.09 Å². The van der Waals surface area contributed by atoms with Crippen molar-refractivity contribution in [3.8, 4) is 17.2 Å². The van der Waals surface area contributed by atoms with Gasteiger partial charge in [-0.3, -0.25) is 4.90 Å². The molecule has 0 aliphatic carbocycles. The van der Waals surface area contributed by atoms with E-state index in [0.717, 1.165) is 60.7 Å². The number of anilines is 2. The third-order valence-corrected chi connectivity index (χ3v) is 7.27. The first-order valence-corrected chi connectivity index (χ1v) is 12.8. The van der Waals surface area contributed by atoms with Crippen molar-refractivity contribution >= 4 is 23.1 Å². The van der Waals surface area contributed by atoms with Crippen LogP contribution in [0.3, 0.4) is 0 Å². The molecule has 2 bridgehead atoms. The molecule has 0 saturated carbocycles. The minimum absolute atomic E-state index is 0.143. The third-order valence-electron chi connectivity index (χ3n) is 7.27. The maximum Gasteiger partial charge on any atom is 0.410 e. The van der Waals surface area contributed by atoms with Crippen LogP contribution in [0.2, 0.25) is 0 Å². The molecule has 3 aromatic heterocycles. The Morgan fingerprint density at radius 2 is 1.89 bits per heavy atom. The van der Waals surface area contributed by atoms with Gasteiger partial charge in [-0.05, 0) is 45.4 Å². The zero-order valence-corrected chi connectivity index (χ0v) is 21.4. The normalized spacial score (nSPS) is 21.5. The van der Waals surface area contributed by atoms with Crippen molar-refractivity contribution in [2.24, 2.45) is 0 Å². The van der Waals surface area contributed by atoms with Gasteiger partial charge in [0, 0.05) is 43.5 Å². The summed E-state index contributed by atoms with van der Waals surface area (Å²) in [6, 6.07) is 8.76. The van der Waals surface area contributed by atoms with Crippen molar-refractivity contribution in [2.75, 3.05) is 49.2 Å². The van der Waals surface area contributed by atoms with Crippen molar-refractivity contribution in [3.63, 3.8) is 0 Å². The molecule has 0 spiro atoms. The molecule has 3 aromatic rings. The van der Waals surface area contributed by atoms with E-state index < -0.39 is 5.60 Å². The highest BCUT2D eigenvalue weighted by atomic mass is 16.6. The number of nitrogens with zero attached hydrogens (tertiary/aromatic N) is 7. The topological polar surface area (TPSA) is 99.2 Å². The monoisotopic (exact) mass is 501 g/mol. The number of carbonyl (C=O) groups is 1. The van der Waals surface area contributed by atoms with Crippen molar-refractivity contribution in [1.29, 1.82) is 5.26 Å². The van der Waals surface area contributed by atoms with Gasteiger partial charge in [0.05, 0.1) is 54.5 Å². The van der Waals surface area contributed by atoms with E-state index in [0.29, 0.717) is 18.8 Å². The van der Waals surface area contributed by atoms with Crippen LogP contribution < -0.4 is 9.80 Å². The minimum Gasteiger partial charge on any atom is -0.444 e. The number of pyridine rings is 2. The molecule has 0 radical (unpaired) electrons. The van der Waals surface area contributed by atoms with Crippen LogP contribution in [0.15, 0.2) is 36.8 Å². The molecule has 10 heteroatoms. The molecule has 1 amide bonds. The van der Waals surface area contributed by atoms with E-state index >= 15 is 0 Å². The van der Waals surface area contributed by atoms with Crippen molar-refractivity contribution in [3.05, 3.63) is 42.4 Å². The highest BCUT2D eigenvalue weighted by Crippen LogP contribution is 2.36. The largest absolute Gasteiger partial charge is 0.444 e. The van der Waals surface area contributed by atoms with Crippen LogP contribution in [0.1, 0.15) is 32.8 Å². The SMILES string of the molecule is CC(C)(C)OC(=O)N1C2CC1CN(c1ccc(-c3cc(N4CCOCC4)cn4ncc(C#N)c34)cn1)C2. The molecule has 4 fully saturated rings. The van der Waals surface area contributed by atoms with Crippen LogP contribution in [-0.4, -0.2) is 82.7 Å². The maximum atomic E-state index is 12.6. The van der Waals surface area contributed by atoms with E-state index in [1.54, 1.807) is 10.7 Å². The molecular weight excluding hydrogens is 470 g/mol. The zero-order valence-electron chi connectivity index (χ0n) is 21.4. The molecular formula is C27H31N7O3. The number of aromatic nitrogens is 3. The molecule has 0 N–H and O–H groups in total.